The summed E-state index contributed by atoms with van der Waals surface area (Å²) in [6.07, 6.45) is 6.07. The van der Waals surface area contributed by atoms with Gasteiger partial charge in [-0.2, -0.15) is 0 Å². The predicted octanol–water partition coefficient (Wildman–Crippen LogP) is 1.89. The second-order valence-corrected chi connectivity index (χ2v) is 4.71. The van der Waals surface area contributed by atoms with Crippen LogP contribution in [0.4, 0.5) is 0 Å². The summed E-state index contributed by atoms with van der Waals surface area (Å²) >= 11 is 0. The molecule has 0 spiro atoms. The van der Waals surface area contributed by atoms with Gasteiger partial charge in [-0.15, -0.1) is 10.2 Å². The Morgan fingerprint density at radius 2 is 2.25 bits per heavy atom. The van der Waals surface area contributed by atoms with E-state index in [0.717, 1.165) is 25.3 Å². The van der Waals surface area contributed by atoms with E-state index in [2.05, 4.69) is 33.9 Å². The van der Waals surface area contributed by atoms with Gasteiger partial charge in [0, 0.05) is 19.0 Å². The molecule has 2 heterocycles. The molecule has 0 bridgehead atoms. The zero-order valence-electron chi connectivity index (χ0n) is 10.4. The van der Waals surface area contributed by atoms with Crippen LogP contribution in [0.5, 0.6) is 0 Å². The van der Waals surface area contributed by atoms with Gasteiger partial charge < -0.3 is 9.88 Å². The second kappa shape index (κ2) is 5.43. The highest BCUT2D eigenvalue weighted by Crippen LogP contribution is 2.14. The first-order valence-corrected chi connectivity index (χ1v) is 6.45. The molecule has 0 amide bonds. The van der Waals surface area contributed by atoms with Crippen molar-refractivity contribution >= 4 is 0 Å². The zero-order valence-corrected chi connectivity index (χ0v) is 10.4. The molecular formula is C12H22N4. The average Bonchev–Trinajstić information content (AvgIpc) is 2.70. The SMILES string of the molecule is CCCC(C)NCc1nnc2n1CCCC2. The van der Waals surface area contributed by atoms with Crippen molar-refractivity contribution < 1.29 is 0 Å². The number of hydrogen-bond acceptors (Lipinski definition) is 3. The quantitative estimate of drug-likeness (QED) is 0.827. The molecule has 0 radical (unpaired) electrons. The highest BCUT2D eigenvalue weighted by Gasteiger charge is 2.15. The van der Waals surface area contributed by atoms with Crippen LogP contribution in [-0.4, -0.2) is 20.8 Å². The van der Waals surface area contributed by atoms with Crippen molar-refractivity contribution in [3.05, 3.63) is 11.6 Å². The lowest BCUT2D eigenvalue weighted by atomic mass is 10.1. The van der Waals surface area contributed by atoms with Crippen molar-refractivity contribution in [3.63, 3.8) is 0 Å². The fourth-order valence-electron chi connectivity index (χ4n) is 2.30. The molecular weight excluding hydrogens is 200 g/mol. The van der Waals surface area contributed by atoms with E-state index in [1.807, 2.05) is 0 Å². The van der Waals surface area contributed by atoms with Gasteiger partial charge in [-0.1, -0.05) is 13.3 Å². The summed E-state index contributed by atoms with van der Waals surface area (Å²) in [6.45, 7) is 6.41. The Kier molecular flexibility index (Phi) is 3.93. The number of fused-ring (bicyclic) bond motifs is 1. The first-order chi connectivity index (χ1) is 7.81. The number of aromatic nitrogens is 3. The fraction of sp³-hybridized carbons (Fsp3) is 0.833. The van der Waals surface area contributed by atoms with Crippen LogP contribution in [0.1, 0.15) is 51.2 Å². The molecule has 1 aliphatic rings. The highest BCUT2D eigenvalue weighted by atomic mass is 15.3. The minimum atomic E-state index is 0.571. The van der Waals surface area contributed by atoms with Gasteiger partial charge in [-0.05, 0) is 26.2 Å². The lowest BCUT2D eigenvalue weighted by Gasteiger charge is -2.16. The van der Waals surface area contributed by atoms with Crippen LogP contribution in [0.3, 0.4) is 0 Å². The molecule has 1 unspecified atom stereocenters. The normalized spacial score (nSPS) is 17.1. The first-order valence-electron chi connectivity index (χ1n) is 6.45. The zero-order chi connectivity index (χ0) is 11.4. The van der Waals surface area contributed by atoms with Gasteiger partial charge in [0.05, 0.1) is 6.54 Å². The molecule has 0 saturated heterocycles. The largest absolute Gasteiger partial charge is 0.314 e. The van der Waals surface area contributed by atoms with Crippen molar-refractivity contribution in [2.75, 3.05) is 0 Å². The van der Waals surface area contributed by atoms with Gasteiger partial charge in [0.15, 0.2) is 0 Å². The molecule has 4 nitrogen and oxygen atoms in total. The van der Waals surface area contributed by atoms with Gasteiger partial charge in [-0.25, -0.2) is 0 Å². The third-order valence-corrected chi connectivity index (χ3v) is 3.27. The van der Waals surface area contributed by atoms with Crippen molar-refractivity contribution in [1.29, 1.82) is 0 Å². The van der Waals surface area contributed by atoms with Crippen LogP contribution in [0, 0.1) is 0 Å². The first kappa shape index (κ1) is 11.6. The van der Waals surface area contributed by atoms with E-state index < -0.39 is 0 Å². The highest BCUT2D eigenvalue weighted by molar-refractivity contribution is 4.98. The Morgan fingerprint density at radius 3 is 3.06 bits per heavy atom. The van der Waals surface area contributed by atoms with E-state index in [0.29, 0.717) is 6.04 Å². The summed E-state index contributed by atoms with van der Waals surface area (Å²) < 4.78 is 2.29. The minimum Gasteiger partial charge on any atom is -0.314 e. The Balaban J connectivity index is 1.92. The predicted molar refractivity (Wildman–Crippen MR) is 64.2 cm³/mol. The number of rotatable bonds is 5. The average molecular weight is 222 g/mol. The van der Waals surface area contributed by atoms with E-state index in [4.69, 9.17) is 0 Å². The van der Waals surface area contributed by atoms with Crippen LogP contribution in [-0.2, 0) is 19.5 Å². The van der Waals surface area contributed by atoms with E-state index >= 15 is 0 Å². The molecule has 90 valence electrons. The van der Waals surface area contributed by atoms with E-state index in [1.54, 1.807) is 0 Å². The molecule has 1 N–H and O–H groups in total. The smallest absolute Gasteiger partial charge is 0.147 e. The lowest BCUT2D eigenvalue weighted by molar-refractivity contribution is 0.465. The Hall–Kier alpha value is -0.900. The van der Waals surface area contributed by atoms with Crippen LogP contribution in [0.15, 0.2) is 0 Å². The molecule has 16 heavy (non-hydrogen) atoms. The second-order valence-electron chi connectivity index (χ2n) is 4.71. The molecule has 0 saturated carbocycles. The van der Waals surface area contributed by atoms with Crippen LogP contribution >= 0.6 is 0 Å². The lowest BCUT2D eigenvalue weighted by Crippen LogP contribution is -2.27. The number of aryl methyl sites for hydroxylation is 1. The van der Waals surface area contributed by atoms with Gasteiger partial charge in [0.2, 0.25) is 0 Å². The fourth-order valence-corrected chi connectivity index (χ4v) is 2.30. The molecule has 0 aromatic carbocycles. The topological polar surface area (TPSA) is 42.7 Å². The number of nitrogens with zero attached hydrogens (tertiary/aromatic N) is 3. The van der Waals surface area contributed by atoms with Gasteiger partial charge >= 0.3 is 0 Å². The van der Waals surface area contributed by atoms with E-state index in [-0.39, 0.29) is 0 Å². The standard InChI is InChI=1S/C12H22N4/c1-3-6-10(2)13-9-12-15-14-11-7-4-5-8-16(11)12/h10,13H,3-9H2,1-2H3. The van der Waals surface area contributed by atoms with Crippen molar-refractivity contribution in [2.45, 2.75) is 65.1 Å². The summed E-state index contributed by atoms with van der Waals surface area (Å²) in [5.74, 6) is 2.28. The number of hydrogen-bond donors (Lipinski definition) is 1. The Morgan fingerprint density at radius 1 is 1.38 bits per heavy atom. The van der Waals surface area contributed by atoms with Crippen molar-refractivity contribution in [2.24, 2.45) is 0 Å². The van der Waals surface area contributed by atoms with Gasteiger partial charge in [0.25, 0.3) is 0 Å². The molecule has 1 aromatic heterocycles. The molecule has 1 atom stereocenters. The molecule has 4 heteroatoms. The Labute approximate surface area is 97.5 Å². The summed E-state index contributed by atoms with van der Waals surface area (Å²) in [6, 6.07) is 0.571. The summed E-state index contributed by atoms with van der Waals surface area (Å²) in [5.41, 5.74) is 0. The van der Waals surface area contributed by atoms with Gasteiger partial charge in [-0.3, -0.25) is 0 Å². The third kappa shape index (κ3) is 2.61. The molecule has 0 aliphatic carbocycles. The molecule has 0 fully saturated rings. The maximum Gasteiger partial charge on any atom is 0.147 e. The minimum absolute atomic E-state index is 0.571. The van der Waals surface area contributed by atoms with E-state index in [1.165, 1.54) is 31.5 Å². The van der Waals surface area contributed by atoms with Crippen molar-refractivity contribution in [1.82, 2.24) is 20.1 Å². The van der Waals surface area contributed by atoms with Crippen LogP contribution in [0.2, 0.25) is 0 Å². The molecule has 1 aromatic rings. The Bertz CT molecular complexity index is 332. The monoisotopic (exact) mass is 222 g/mol. The maximum atomic E-state index is 4.28. The van der Waals surface area contributed by atoms with E-state index in [9.17, 15) is 0 Å². The van der Waals surface area contributed by atoms with Gasteiger partial charge in [0.1, 0.15) is 11.6 Å². The summed E-state index contributed by atoms with van der Waals surface area (Å²) in [7, 11) is 0. The molecule has 2 rings (SSSR count). The van der Waals surface area contributed by atoms with Crippen molar-refractivity contribution in [3.8, 4) is 0 Å². The summed E-state index contributed by atoms with van der Waals surface area (Å²) in [4.78, 5) is 0. The maximum absolute atomic E-state index is 4.28. The van der Waals surface area contributed by atoms with Crippen LogP contribution < -0.4 is 5.32 Å². The molecule has 1 aliphatic heterocycles. The third-order valence-electron chi connectivity index (χ3n) is 3.27. The summed E-state index contributed by atoms with van der Waals surface area (Å²) in [5, 5.41) is 12.0. The van der Waals surface area contributed by atoms with Crippen LogP contribution in [0.25, 0.3) is 0 Å². The number of nitrogens with one attached hydrogen (secondary N) is 1.